The van der Waals surface area contributed by atoms with Gasteiger partial charge in [-0.05, 0) is 18.2 Å². The van der Waals surface area contributed by atoms with Crippen molar-refractivity contribution >= 4 is 29.0 Å². The normalized spacial score (nSPS) is 11.2. The monoisotopic (exact) mass is 287 g/mol. The summed E-state index contributed by atoms with van der Waals surface area (Å²) in [6.07, 6.45) is 0. The molecule has 0 aliphatic carbocycles. The van der Waals surface area contributed by atoms with Crippen LogP contribution in [0.2, 0.25) is 5.02 Å². The molecule has 0 fully saturated rings. The lowest BCUT2D eigenvalue weighted by Crippen LogP contribution is -2.22. The average Bonchev–Trinajstić information content (AvgIpc) is 2.42. The quantitative estimate of drug-likeness (QED) is 0.348. The molecule has 0 bridgehead atoms. The third-order valence-electron chi connectivity index (χ3n) is 2.60. The van der Waals surface area contributed by atoms with Crippen LogP contribution in [-0.2, 0) is 0 Å². The summed E-state index contributed by atoms with van der Waals surface area (Å²) in [5.74, 6) is -0.119. The van der Waals surface area contributed by atoms with Crippen molar-refractivity contribution in [3.63, 3.8) is 0 Å². The smallest absolute Gasteiger partial charge is 0.211 e. The summed E-state index contributed by atoms with van der Waals surface area (Å²) in [6.45, 7) is 0. The second-order valence-corrected chi connectivity index (χ2v) is 4.50. The summed E-state index contributed by atoms with van der Waals surface area (Å²) < 4.78 is 0. The molecule has 0 amide bonds. The maximum absolute atomic E-state index is 5.98. The standard InChI is InChI=1S/C14H14ClN5/c15-10-7-5-9(6-8-10)13(19-20-14(17)18)11-3-1-2-4-12(11)16/h1-8H,16H2,(H4,17,18,20)/b19-13-. The zero-order chi connectivity index (χ0) is 14.5. The fourth-order valence-electron chi connectivity index (χ4n) is 1.70. The van der Waals surface area contributed by atoms with E-state index in [9.17, 15) is 0 Å². The van der Waals surface area contributed by atoms with Gasteiger partial charge in [-0.15, -0.1) is 10.2 Å². The van der Waals surface area contributed by atoms with Crippen LogP contribution in [0.15, 0.2) is 58.7 Å². The fraction of sp³-hybridized carbons (Fsp3) is 0. The van der Waals surface area contributed by atoms with E-state index in [0.29, 0.717) is 16.4 Å². The van der Waals surface area contributed by atoms with E-state index in [-0.39, 0.29) is 5.96 Å². The van der Waals surface area contributed by atoms with E-state index in [1.54, 1.807) is 18.2 Å². The van der Waals surface area contributed by atoms with Crippen molar-refractivity contribution in [1.29, 1.82) is 0 Å². The van der Waals surface area contributed by atoms with Crippen LogP contribution < -0.4 is 17.2 Å². The van der Waals surface area contributed by atoms with Gasteiger partial charge in [0.05, 0.1) is 0 Å². The van der Waals surface area contributed by atoms with Gasteiger partial charge in [0.1, 0.15) is 5.71 Å². The second-order valence-electron chi connectivity index (χ2n) is 4.07. The number of hydrogen-bond acceptors (Lipinski definition) is 3. The lowest BCUT2D eigenvalue weighted by Gasteiger charge is -2.08. The molecule has 0 unspecified atom stereocenters. The third kappa shape index (κ3) is 3.27. The molecule has 6 heteroatoms. The Balaban J connectivity index is 2.57. The van der Waals surface area contributed by atoms with Gasteiger partial charge < -0.3 is 17.2 Å². The number of rotatable bonds is 3. The highest BCUT2D eigenvalue weighted by atomic mass is 35.5. The largest absolute Gasteiger partial charge is 0.398 e. The minimum Gasteiger partial charge on any atom is -0.398 e. The topological polar surface area (TPSA) is 103 Å². The molecule has 0 aromatic heterocycles. The molecular formula is C14H14ClN5. The predicted octanol–water partition coefficient (Wildman–Crippen LogP) is 1.95. The number of guanidine groups is 1. The highest BCUT2D eigenvalue weighted by Gasteiger charge is 2.10. The van der Waals surface area contributed by atoms with E-state index >= 15 is 0 Å². The van der Waals surface area contributed by atoms with E-state index in [1.165, 1.54) is 0 Å². The van der Waals surface area contributed by atoms with E-state index in [0.717, 1.165) is 11.1 Å². The van der Waals surface area contributed by atoms with Crippen molar-refractivity contribution in [2.45, 2.75) is 0 Å². The van der Waals surface area contributed by atoms with Gasteiger partial charge in [0.15, 0.2) is 0 Å². The summed E-state index contributed by atoms with van der Waals surface area (Å²) in [5.41, 5.74) is 19.4. The molecule has 2 aromatic carbocycles. The van der Waals surface area contributed by atoms with Crippen molar-refractivity contribution in [2.24, 2.45) is 21.7 Å². The summed E-state index contributed by atoms with van der Waals surface area (Å²) >= 11 is 5.89. The van der Waals surface area contributed by atoms with Gasteiger partial charge in [-0.1, -0.05) is 41.9 Å². The third-order valence-corrected chi connectivity index (χ3v) is 2.85. The molecule has 0 radical (unpaired) electrons. The van der Waals surface area contributed by atoms with Crippen LogP contribution in [0, 0.1) is 0 Å². The number of nitrogens with zero attached hydrogens (tertiary/aromatic N) is 2. The summed E-state index contributed by atoms with van der Waals surface area (Å²) in [7, 11) is 0. The first-order chi connectivity index (χ1) is 9.58. The molecule has 102 valence electrons. The molecule has 0 aliphatic rings. The number of hydrogen-bond donors (Lipinski definition) is 3. The SMILES string of the molecule is NC(N)=N/N=C(/c1ccc(Cl)cc1)c1ccccc1N. The van der Waals surface area contributed by atoms with E-state index in [2.05, 4.69) is 10.2 Å². The summed E-state index contributed by atoms with van der Waals surface area (Å²) in [6, 6.07) is 14.5. The molecule has 0 heterocycles. The highest BCUT2D eigenvalue weighted by molar-refractivity contribution is 6.30. The first-order valence-electron chi connectivity index (χ1n) is 5.85. The Morgan fingerprint density at radius 2 is 1.55 bits per heavy atom. The van der Waals surface area contributed by atoms with Crippen LogP contribution in [0.5, 0.6) is 0 Å². The van der Waals surface area contributed by atoms with Crippen molar-refractivity contribution < 1.29 is 0 Å². The van der Waals surface area contributed by atoms with Crippen molar-refractivity contribution in [3.8, 4) is 0 Å². The van der Waals surface area contributed by atoms with Crippen molar-refractivity contribution in [3.05, 3.63) is 64.7 Å². The summed E-state index contributed by atoms with van der Waals surface area (Å²) in [4.78, 5) is 0. The van der Waals surface area contributed by atoms with Crippen LogP contribution in [0.4, 0.5) is 5.69 Å². The van der Waals surface area contributed by atoms with Crippen LogP contribution >= 0.6 is 11.6 Å². The zero-order valence-electron chi connectivity index (χ0n) is 10.6. The number of halogens is 1. The number of anilines is 1. The minimum absolute atomic E-state index is 0.119. The van der Waals surface area contributed by atoms with Crippen molar-refractivity contribution in [1.82, 2.24) is 0 Å². The molecule has 5 nitrogen and oxygen atoms in total. The Morgan fingerprint density at radius 1 is 0.900 bits per heavy atom. The zero-order valence-corrected chi connectivity index (χ0v) is 11.4. The predicted molar refractivity (Wildman–Crippen MR) is 83.8 cm³/mol. The van der Waals surface area contributed by atoms with Gasteiger partial charge in [0.2, 0.25) is 5.96 Å². The number of para-hydroxylation sites is 1. The Kier molecular flexibility index (Phi) is 4.22. The number of nitrogen functional groups attached to an aromatic ring is 1. The molecule has 6 N–H and O–H groups in total. The molecule has 2 aromatic rings. The summed E-state index contributed by atoms with van der Waals surface area (Å²) in [5, 5.41) is 8.43. The second kappa shape index (κ2) is 6.08. The average molecular weight is 288 g/mol. The van der Waals surface area contributed by atoms with Crippen molar-refractivity contribution in [2.75, 3.05) is 5.73 Å². The van der Waals surface area contributed by atoms with Gasteiger partial charge in [-0.2, -0.15) is 0 Å². The van der Waals surface area contributed by atoms with Crippen LogP contribution in [0.3, 0.4) is 0 Å². The molecule has 2 rings (SSSR count). The fourth-order valence-corrected chi connectivity index (χ4v) is 1.82. The number of benzene rings is 2. The molecule has 0 saturated carbocycles. The lowest BCUT2D eigenvalue weighted by atomic mass is 10.0. The Labute approximate surface area is 121 Å². The van der Waals surface area contributed by atoms with Gasteiger partial charge in [-0.25, -0.2) is 0 Å². The lowest BCUT2D eigenvalue weighted by molar-refractivity contribution is 1.20. The van der Waals surface area contributed by atoms with Crippen LogP contribution in [0.1, 0.15) is 11.1 Å². The Morgan fingerprint density at radius 3 is 2.15 bits per heavy atom. The highest BCUT2D eigenvalue weighted by Crippen LogP contribution is 2.19. The van der Waals surface area contributed by atoms with E-state index in [1.807, 2.05) is 30.3 Å². The maximum atomic E-state index is 5.98. The minimum atomic E-state index is -0.119. The van der Waals surface area contributed by atoms with Gasteiger partial charge in [-0.3, -0.25) is 0 Å². The maximum Gasteiger partial charge on any atom is 0.211 e. The number of nitrogens with two attached hydrogens (primary N) is 3. The molecular weight excluding hydrogens is 274 g/mol. The first-order valence-corrected chi connectivity index (χ1v) is 6.23. The van der Waals surface area contributed by atoms with Crippen LogP contribution in [-0.4, -0.2) is 11.7 Å². The molecule has 0 atom stereocenters. The molecule has 20 heavy (non-hydrogen) atoms. The molecule has 0 aliphatic heterocycles. The van der Waals surface area contributed by atoms with E-state index < -0.39 is 0 Å². The Bertz CT molecular complexity index is 658. The van der Waals surface area contributed by atoms with Crippen LogP contribution in [0.25, 0.3) is 0 Å². The molecule has 0 saturated heterocycles. The van der Waals surface area contributed by atoms with E-state index in [4.69, 9.17) is 28.8 Å². The first kappa shape index (κ1) is 13.9. The molecule has 0 spiro atoms. The van der Waals surface area contributed by atoms with Gasteiger partial charge in [0, 0.05) is 21.8 Å². The Hall–Kier alpha value is -2.53. The van der Waals surface area contributed by atoms with Gasteiger partial charge in [0.25, 0.3) is 0 Å². The van der Waals surface area contributed by atoms with Gasteiger partial charge >= 0.3 is 0 Å².